The number of amides is 2. The molecule has 1 heterocycles. The minimum atomic E-state index is -0.377. The molecule has 0 radical (unpaired) electrons. The van der Waals surface area contributed by atoms with Gasteiger partial charge in [-0.1, -0.05) is 47.7 Å². The van der Waals surface area contributed by atoms with Crippen LogP contribution in [0.5, 0.6) is 0 Å². The van der Waals surface area contributed by atoms with E-state index in [0.29, 0.717) is 9.93 Å². The van der Waals surface area contributed by atoms with Gasteiger partial charge in [-0.2, -0.15) is 0 Å². The van der Waals surface area contributed by atoms with Crippen molar-refractivity contribution in [3.63, 3.8) is 0 Å². The highest BCUT2D eigenvalue weighted by atomic mass is 35.5. The van der Waals surface area contributed by atoms with E-state index >= 15 is 0 Å². The second-order valence-electron chi connectivity index (χ2n) is 3.59. The third-order valence-corrected chi connectivity index (χ3v) is 3.79. The molecule has 2 amide bonds. The van der Waals surface area contributed by atoms with Gasteiger partial charge in [-0.3, -0.25) is 9.59 Å². The van der Waals surface area contributed by atoms with Crippen LogP contribution in [0.15, 0.2) is 29.2 Å². The van der Waals surface area contributed by atoms with E-state index in [1.165, 1.54) is 6.92 Å². The van der Waals surface area contributed by atoms with Gasteiger partial charge >= 0.3 is 0 Å². The van der Waals surface area contributed by atoms with Crippen LogP contribution in [0.1, 0.15) is 12.5 Å². The monoisotopic (exact) mass is 297 g/mol. The first kappa shape index (κ1) is 13.3. The highest BCUT2D eigenvalue weighted by Gasteiger charge is 2.34. The quantitative estimate of drug-likeness (QED) is 0.590. The van der Waals surface area contributed by atoms with E-state index in [2.05, 4.69) is 0 Å². The van der Waals surface area contributed by atoms with E-state index in [9.17, 15) is 9.59 Å². The Balaban J connectivity index is 2.34. The average Bonchev–Trinajstić information content (AvgIpc) is 2.54. The molecule has 92 valence electrons. The summed E-state index contributed by atoms with van der Waals surface area (Å²) in [6, 6.07) is 7.10. The van der Waals surface area contributed by atoms with E-state index in [1.807, 2.05) is 6.07 Å². The van der Waals surface area contributed by atoms with Gasteiger partial charge in [0.05, 0.1) is 4.91 Å². The summed E-state index contributed by atoms with van der Waals surface area (Å²) in [6.45, 7) is 1.31. The van der Waals surface area contributed by atoms with Gasteiger partial charge in [-0.15, -0.1) is 0 Å². The van der Waals surface area contributed by atoms with Crippen LogP contribution < -0.4 is 0 Å². The SMILES string of the molecule is CC(=O)N1C(=O)/C(=C/c2cccc(Cl)c2)SC1=S. The number of benzene rings is 1. The normalized spacial score (nSPS) is 17.7. The topological polar surface area (TPSA) is 37.4 Å². The molecule has 1 aliphatic heterocycles. The zero-order valence-electron chi connectivity index (χ0n) is 9.34. The van der Waals surface area contributed by atoms with Crippen LogP contribution in [0.25, 0.3) is 6.08 Å². The van der Waals surface area contributed by atoms with Crippen molar-refractivity contribution in [2.75, 3.05) is 0 Å². The Kier molecular flexibility index (Phi) is 3.85. The van der Waals surface area contributed by atoms with Crippen molar-refractivity contribution in [1.29, 1.82) is 0 Å². The molecule has 2 rings (SSSR count). The minimum Gasteiger partial charge on any atom is -0.274 e. The Morgan fingerprint density at radius 3 is 2.78 bits per heavy atom. The van der Waals surface area contributed by atoms with E-state index in [4.69, 9.17) is 23.8 Å². The van der Waals surface area contributed by atoms with Crippen LogP contribution in [-0.4, -0.2) is 21.0 Å². The molecular weight excluding hydrogens is 290 g/mol. The first-order chi connectivity index (χ1) is 8.49. The molecule has 3 nitrogen and oxygen atoms in total. The molecular formula is C12H8ClNO2S2. The van der Waals surface area contributed by atoms with E-state index in [0.717, 1.165) is 22.2 Å². The standard InChI is InChI=1S/C12H8ClNO2S2/c1-7(15)14-11(16)10(18-12(14)17)6-8-3-2-4-9(13)5-8/h2-6H,1H3/b10-6-. The molecule has 1 saturated heterocycles. The molecule has 1 aliphatic rings. The van der Waals surface area contributed by atoms with Crippen molar-refractivity contribution in [3.05, 3.63) is 39.8 Å². The second kappa shape index (κ2) is 5.22. The molecule has 0 spiro atoms. The summed E-state index contributed by atoms with van der Waals surface area (Å²) in [4.78, 5) is 24.6. The summed E-state index contributed by atoms with van der Waals surface area (Å²) in [7, 11) is 0. The molecule has 6 heteroatoms. The van der Waals surface area contributed by atoms with Gasteiger partial charge in [0, 0.05) is 11.9 Å². The number of rotatable bonds is 1. The maximum Gasteiger partial charge on any atom is 0.273 e. The van der Waals surface area contributed by atoms with E-state index in [1.54, 1.807) is 24.3 Å². The summed E-state index contributed by atoms with van der Waals surface area (Å²) in [5.74, 6) is -0.746. The molecule has 0 N–H and O–H groups in total. The molecule has 1 fully saturated rings. The Morgan fingerprint density at radius 1 is 1.50 bits per heavy atom. The average molecular weight is 298 g/mol. The van der Waals surface area contributed by atoms with Crippen molar-refractivity contribution < 1.29 is 9.59 Å². The van der Waals surface area contributed by atoms with Crippen LogP contribution in [-0.2, 0) is 9.59 Å². The molecule has 18 heavy (non-hydrogen) atoms. The highest BCUT2D eigenvalue weighted by Crippen LogP contribution is 2.32. The Labute approximate surface area is 119 Å². The maximum absolute atomic E-state index is 11.9. The number of thioether (sulfide) groups is 1. The largest absolute Gasteiger partial charge is 0.274 e. The number of imide groups is 1. The molecule has 1 aromatic rings. The molecule has 0 bridgehead atoms. The van der Waals surface area contributed by atoms with Crippen molar-refractivity contribution in [1.82, 2.24) is 4.90 Å². The van der Waals surface area contributed by atoms with Gasteiger partial charge < -0.3 is 0 Å². The number of hydrogen-bond acceptors (Lipinski definition) is 4. The summed E-state index contributed by atoms with van der Waals surface area (Å²) >= 11 is 12.0. The molecule has 0 aromatic heterocycles. The first-order valence-electron chi connectivity index (χ1n) is 5.03. The molecule has 1 aromatic carbocycles. The van der Waals surface area contributed by atoms with Crippen molar-refractivity contribution in [2.24, 2.45) is 0 Å². The van der Waals surface area contributed by atoms with Crippen molar-refractivity contribution in [2.45, 2.75) is 6.92 Å². The van der Waals surface area contributed by atoms with Crippen LogP contribution >= 0.6 is 35.6 Å². The molecule has 0 saturated carbocycles. The van der Waals surface area contributed by atoms with Crippen molar-refractivity contribution in [3.8, 4) is 0 Å². The molecule has 0 aliphatic carbocycles. The predicted molar refractivity (Wildman–Crippen MR) is 77.1 cm³/mol. The molecule has 0 atom stereocenters. The van der Waals surface area contributed by atoms with Crippen molar-refractivity contribution >= 4 is 57.8 Å². The van der Waals surface area contributed by atoms with Gasteiger partial charge in [0.2, 0.25) is 5.91 Å². The van der Waals surface area contributed by atoms with Gasteiger partial charge in [0.15, 0.2) is 4.32 Å². The van der Waals surface area contributed by atoms with Crippen LogP contribution in [0.3, 0.4) is 0 Å². The highest BCUT2D eigenvalue weighted by molar-refractivity contribution is 8.26. The number of hydrogen-bond donors (Lipinski definition) is 0. The summed E-state index contributed by atoms with van der Waals surface area (Å²) in [6.07, 6.45) is 1.67. The Bertz CT molecular complexity index is 583. The minimum absolute atomic E-state index is 0.265. The third-order valence-electron chi connectivity index (χ3n) is 2.26. The maximum atomic E-state index is 11.9. The number of halogens is 1. The summed E-state index contributed by atoms with van der Waals surface area (Å²) < 4.78 is 0.265. The number of carbonyl (C=O) groups is 2. The van der Waals surface area contributed by atoms with Gasteiger partial charge in [-0.05, 0) is 23.8 Å². The third kappa shape index (κ3) is 2.63. The fraction of sp³-hybridized carbons (Fsp3) is 0.0833. The lowest BCUT2D eigenvalue weighted by Gasteiger charge is -2.07. The van der Waals surface area contributed by atoms with Crippen LogP contribution in [0, 0.1) is 0 Å². The zero-order chi connectivity index (χ0) is 13.3. The lowest BCUT2D eigenvalue weighted by atomic mass is 10.2. The number of carbonyl (C=O) groups excluding carboxylic acids is 2. The summed E-state index contributed by atoms with van der Waals surface area (Å²) in [5.41, 5.74) is 0.798. The second-order valence-corrected chi connectivity index (χ2v) is 5.70. The van der Waals surface area contributed by atoms with Crippen LogP contribution in [0.4, 0.5) is 0 Å². The lowest BCUT2D eigenvalue weighted by molar-refractivity contribution is -0.135. The fourth-order valence-corrected chi connectivity index (χ4v) is 3.03. The lowest BCUT2D eigenvalue weighted by Crippen LogP contribution is -2.32. The smallest absolute Gasteiger partial charge is 0.273 e. The van der Waals surface area contributed by atoms with Gasteiger partial charge in [-0.25, -0.2) is 4.90 Å². The number of nitrogens with zero attached hydrogens (tertiary/aromatic N) is 1. The molecule has 0 unspecified atom stereocenters. The zero-order valence-corrected chi connectivity index (χ0v) is 11.7. The number of thiocarbonyl (C=S) groups is 1. The fourth-order valence-electron chi connectivity index (χ4n) is 1.49. The van der Waals surface area contributed by atoms with Gasteiger partial charge in [0.1, 0.15) is 0 Å². The first-order valence-corrected chi connectivity index (χ1v) is 6.63. The summed E-state index contributed by atoms with van der Waals surface area (Å²) in [5, 5.41) is 0.589. The Hall–Kier alpha value is -1.17. The van der Waals surface area contributed by atoms with Crippen LogP contribution in [0.2, 0.25) is 5.02 Å². The van der Waals surface area contributed by atoms with Gasteiger partial charge in [0.25, 0.3) is 5.91 Å². The predicted octanol–water partition coefficient (Wildman–Crippen LogP) is 3.09. The van der Waals surface area contributed by atoms with E-state index < -0.39 is 0 Å². The Morgan fingerprint density at radius 2 is 2.22 bits per heavy atom. The van der Waals surface area contributed by atoms with E-state index in [-0.39, 0.29) is 16.1 Å².